The Hall–Kier alpha value is -0.170. The molecule has 1 heterocycles. The number of aliphatic hydroxyl groups is 1. The van der Waals surface area contributed by atoms with Gasteiger partial charge in [0, 0.05) is 33.3 Å². The average Bonchev–Trinajstić information content (AvgIpc) is 3.05. The van der Waals surface area contributed by atoms with Gasteiger partial charge in [-0.25, -0.2) is 0 Å². The van der Waals surface area contributed by atoms with Gasteiger partial charge in [0.25, 0.3) is 10.2 Å². The van der Waals surface area contributed by atoms with E-state index in [9.17, 15) is 8.42 Å². The van der Waals surface area contributed by atoms with E-state index in [2.05, 4.69) is 6.92 Å². The first-order chi connectivity index (χ1) is 8.45. The number of nitrogens with zero attached hydrogens (tertiary/aromatic N) is 2. The first-order valence-electron chi connectivity index (χ1n) is 6.77. The minimum absolute atomic E-state index is 0.170. The summed E-state index contributed by atoms with van der Waals surface area (Å²) in [6.45, 7) is 4.06. The Bertz CT molecular complexity index is 377. The van der Waals surface area contributed by atoms with Crippen LogP contribution >= 0.6 is 0 Å². The zero-order chi connectivity index (χ0) is 13.3. The van der Waals surface area contributed by atoms with Gasteiger partial charge in [-0.15, -0.1) is 0 Å². The molecule has 1 aliphatic heterocycles. The summed E-state index contributed by atoms with van der Waals surface area (Å²) >= 11 is 0. The molecule has 1 saturated carbocycles. The van der Waals surface area contributed by atoms with Crippen LogP contribution in [0.4, 0.5) is 0 Å². The monoisotopic (exact) mass is 276 g/mol. The van der Waals surface area contributed by atoms with Gasteiger partial charge in [0.2, 0.25) is 0 Å². The third kappa shape index (κ3) is 3.04. The number of hydrogen-bond donors (Lipinski definition) is 1. The van der Waals surface area contributed by atoms with Crippen molar-refractivity contribution in [1.82, 2.24) is 8.61 Å². The van der Waals surface area contributed by atoms with Gasteiger partial charge in [0.05, 0.1) is 0 Å². The predicted molar refractivity (Wildman–Crippen MR) is 70.2 cm³/mol. The van der Waals surface area contributed by atoms with Gasteiger partial charge in [0.15, 0.2) is 0 Å². The molecule has 2 atom stereocenters. The molecule has 6 heteroatoms. The van der Waals surface area contributed by atoms with E-state index in [0.29, 0.717) is 31.5 Å². The topological polar surface area (TPSA) is 60.9 Å². The quantitative estimate of drug-likeness (QED) is 0.796. The van der Waals surface area contributed by atoms with Gasteiger partial charge in [-0.3, -0.25) is 0 Å². The van der Waals surface area contributed by atoms with Crippen molar-refractivity contribution in [1.29, 1.82) is 0 Å². The lowest BCUT2D eigenvalue weighted by Crippen LogP contribution is -2.46. The third-order valence-electron chi connectivity index (χ3n) is 4.32. The fourth-order valence-electron chi connectivity index (χ4n) is 2.60. The normalized spacial score (nSPS) is 30.9. The Morgan fingerprint density at radius 2 is 1.89 bits per heavy atom. The molecule has 2 rings (SSSR count). The van der Waals surface area contributed by atoms with Crippen molar-refractivity contribution in [3.05, 3.63) is 0 Å². The smallest absolute Gasteiger partial charge is 0.281 e. The minimum Gasteiger partial charge on any atom is -0.396 e. The molecule has 0 aromatic heterocycles. The Balaban J connectivity index is 1.90. The summed E-state index contributed by atoms with van der Waals surface area (Å²) in [5.41, 5.74) is 0. The van der Waals surface area contributed by atoms with Crippen LogP contribution in [0.1, 0.15) is 26.2 Å². The first-order valence-corrected chi connectivity index (χ1v) is 8.17. The molecule has 0 amide bonds. The molecule has 0 radical (unpaired) electrons. The number of hydrogen-bond acceptors (Lipinski definition) is 3. The lowest BCUT2D eigenvalue weighted by molar-refractivity contribution is 0.166. The molecule has 18 heavy (non-hydrogen) atoms. The summed E-state index contributed by atoms with van der Waals surface area (Å²) in [6, 6.07) is 0. The van der Waals surface area contributed by atoms with Crippen LogP contribution < -0.4 is 0 Å². The molecular formula is C12H24N2O3S. The first kappa shape index (κ1) is 14.2. The van der Waals surface area contributed by atoms with Crippen LogP contribution in [0, 0.1) is 17.8 Å². The van der Waals surface area contributed by atoms with Crippen molar-refractivity contribution in [3.8, 4) is 0 Å². The minimum atomic E-state index is -3.29. The molecule has 0 bridgehead atoms. The lowest BCUT2D eigenvalue weighted by Gasteiger charge is -2.33. The Morgan fingerprint density at radius 3 is 2.33 bits per heavy atom. The van der Waals surface area contributed by atoms with E-state index in [1.165, 1.54) is 4.31 Å². The fourth-order valence-corrected chi connectivity index (χ4v) is 4.04. The van der Waals surface area contributed by atoms with Crippen LogP contribution in [-0.4, -0.2) is 55.4 Å². The van der Waals surface area contributed by atoms with Crippen molar-refractivity contribution in [2.45, 2.75) is 26.2 Å². The van der Waals surface area contributed by atoms with E-state index in [0.717, 1.165) is 19.3 Å². The zero-order valence-corrected chi connectivity index (χ0v) is 12.1. The SMILES string of the molecule is CC1CC1CN(C)S(=O)(=O)N1CCC(CO)CC1. The summed E-state index contributed by atoms with van der Waals surface area (Å²) < 4.78 is 27.7. The summed E-state index contributed by atoms with van der Waals surface area (Å²) in [5, 5.41) is 9.07. The molecule has 2 fully saturated rings. The maximum atomic E-state index is 12.3. The third-order valence-corrected chi connectivity index (χ3v) is 6.27. The van der Waals surface area contributed by atoms with Crippen molar-refractivity contribution < 1.29 is 13.5 Å². The molecule has 1 aliphatic carbocycles. The van der Waals surface area contributed by atoms with E-state index in [4.69, 9.17) is 5.11 Å². The van der Waals surface area contributed by atoms with Crippen LogP contribution in [0.5, 0.6) is 0 Å². The number of piperidine rings is 1. The molecular weight excluding hydrogens is 252 g/mol. The van der Waals surface area contributed by atoms with E-state index in [1.807, 2.05) is 0 Å². The van der Waals surface area contributed by atoms with Crippen LogP contribution in [-0.2, 0) is 10.2 Å². The molecule has 2 aliphatic rings. The van der Waals surface area contributed by atoms with Gasteiger partial charge in [-0.2, -0.15) is 17.0 Å². The van der Waals surface area contributed by atoms with Gasteiger partial charge < -0.3 is 5.11 Å². The second-order valence-corrected chi connectivity index (χ2v) is 7.82. The molecule has 1 N–H and O–H groups in total. The van der Waals surface area contributed by atoms with Crippen molar-refractivity contribution in [2.75, 3.05) is 33.3 Å². The number of rotatable bonds is 5. The maximum absolute atomic E-state index is 12.3. The van der Waals surface area contributed by atoms with E-state index in [1.54, 1.807) is 11.4 Å². The predicted octanol–water partition coefficient (Wildman–Crippen LogP) is 0.523. The van der Waals surface area contributed by atoms with Gasteiger partial charge >= 0.3 is 0 Å². The summed E-state index contributed by atoms with van der Waals surface area (Å²) in [6.07, 6.45) is 2.68. The largest absolute Gasteiger partial charge is 0.396 e. The van der Waals surface area contributed by atoms with Crippen LogP contribution in [0.2, 0.25) is 0 Å². The Morgan fingerprint density at radius 1 is 1.33 bits per heavy atom. The molecule has 0 aromatic rings. The van der Waals surface area contributed by atoms with E-state index < -0.39 is 10.2 Å². The average molecular weight is 276 g/mol. The standard InChI is InChI=1S/C12H24N2O3S/c1-10-7-12(10)8-13(2)18(16,17)14-5-3-11(9-15)4-6-14/h10-12,15H,3-9H2,1-2H3. The summed E-state index contributed by atoms with van der Waals surface area (Å²) in [4.78, 5) is 0. The van der Waals surface area contributed by atoms with Gasteiger partial charge in [-0.1, -0.05) is 6.92 Å². The maximum Gasteiger partial charge on any atom is 0.281 e. The highest BCUT2D eigenvalue weighted by molar-refractivity contribution is 7.86. The van der Waals surface area contributed by atoms with Crippen LogP contribution in [0.3, 0.4) is 0 Å². The van der Waals surface area contributed by atoms with Crippen molar-refractivity contribution >= 4 is 10.2 Å². The molecule has 2 unspecified atom stereocenters. The highest BCUT2D eigenvalue weighted by Crippen LogP contribution is 2.38. The fraction of sp³-hybridized carbons (Fsp3) is 1.00. The second kappa shape index (κ2) is 5.45. The second-order valence-electron chi connectivity index (χ2n) is 5.79. The highest BCUT2D eigenvalue weighted by Gasteiger charge is 2.38. The van der Waals surface area contributed by atoms with E-state index >= 15 is 0 Å². The molecule has 1 saturated heterocycles. The molecule has 0 spiro atoms. The van der Waals surface area contributed by atoms with Crippen molar-refractivity contribution in [3.63, 3.8) is 0 Å². The van der Waals surface area contributed by atoms with Gasteiger partial charge in [-0.05, 0) is 37.0 Å². The molecule has 5 nitrogen and oxygen atoms in total. The van der Waals surface area contributed by atoms with E-state index in [-0.39, 0.29) is 12.5 Å². The molecule has 106 valence electrons. The van der Waals surface area contributed by atoms with Gasteiger partial charge in [0.1, 0.15) is 0 Å². The highest BCUT2D eigenvalue weighted by atomic mass is 32.2. The number of aliphatic hydroxyl groups excluding tert-OH is 1. The zero-order valence-electron chi connectivity index (χ0n) is 11.2. The van der Waals surface area contributed by atoms with Crippen LogP contribution in [0.25, 0.3) is 0 Å². The Labute approximate surface area is 110 Å². The van der Waals surface area contributed by atoms with Crippen molar-refractivity contribution in [2.24, 2.45) is 17.8 Å². The molecule has 0 aromatic carbocycles. The van der Waals surface area contributed by atoms with Crippen LogP contribution in [0.15, 0.2) is 0 Å². The summed E-state index contributed by atoms with van der Waals surface area (Å²) in [5.74, 6) is 1.48. The summed E-state index contributed by atoms with van der Waals surface area (Å²) in [7, 11) is -1.61. The lowest BCUT2D eigenvalue weighted by atomic mass is 10.00. The Kier molecular flexibility index (Phi) is 4.31.